The van der Waals surface area contributed by atoms with Crippen LogP contribution >= 0.6 is 11.6 Å². The van der Waals surface area contributed by atoms with Crippen molar-refractivity contribution in [2.75, 3.05) is 19.6 Å². The van der Waals surface area contributed by atoms with Gasteiger partial charge in [-0.25, -0.2) is 0 Å². The molecule has 18 heavy (non-hydrogen) atoms. The van der Waals surface area contributed by atoms with Crippen LogP contribution in [0.4, 0.5) is 5.69 Å². The third kappa shape index (κ3) is 3.97. The Kier molecular flexibility index (Phi) is 5.54. The van der Waals surface area contributed by atoms with Gasteiger partial charge in [-0.05, 0) is 18.7 Å². The predicted molar refractivity (Wildman–Crippen MR) is 69.0 cm³/mol. The molecule has 0 fully saturated rings. The van der Waals surface area contributed by atoms with E-state index in [1.165, 1.54) is 18.2 Å². The van der Waals surface area contributed by atoms with E-state index in [-0.39, 0.29) is 16.3 Å². The zero-order chi connectivity index (χ0) is 13.5. The van der Waals surface area contributed by atoms with E-state index in [1.54, 1.807) is 0 Å². The predicted octanol–water partition coefficient (Wildman–Crippen LogP) is 1.59. The molecule has 0 spiro atoms. The number of nitrogens with zero attached hydrogens (tertiary/aromatic N) is 1. The normalized spacial score (nSPS) is 10.1. The summed E-state index contributed by atoms with van der Waals surface area (Å²) < 4.78 is 0. The van der Waals surface area contributed by atoms with E-state index in [9.17, 15) is 14.9 Å². The van der Waals surface area contributed by atoms with Gasteiger partial charge < -0.3 is 10.6 Å². The molecule has 7 heteroatoms. The van der Waals surface area contributed by atoms with E-state index in [4.69, 9.17) is 11.6 Å². The fraction of sp³-hybridized carbons (Fsp3) is 0.364. The Morgan fingerprint density at radius 3 is 2.78 bits per heavy atom. The van der Waals surface area contributed by atoms with Gasteiger partial charge in [0, 0.05) is 24.2 Å². The monoisotopic (exact) mass is 271 g/mol. The van der Waals surface area contributed by atoms with Crippen LogP contribution in [-0.4, -0.2) is 30.5 Å². The number of carbonyl (C=O) groups excluding carboxylic acids is 1. The zero-order valence-electron chi connectivity index (χ0n) is 9.90. The minimum absolute atomic E-state index is 0.0147. The summed E-state index contributed by atoms with van der Waals surface area (Å²) in [6, 6.07) is 3.97. The minimum Gasteiger partial charge on any atom is -0.351 e. The largest absolute Gasteiger partial charge is 0.351 e. The van der Waals surface area contributed by atoms with Gasteiger partial charge in [0.1, 0.15) is 5.56 Å². The lowest BCUT2D eigenvalue weighted by Gasteiger charge is -2.06. The van der Waals surface area contributed by atoms with Gasteiger partial charge in [0.15, 0.2) is 0 Å². The Labute approximate surface area is 109 Å². The first-order valence-corrected chi connectivity index (χ1v) is 5.87. The fourth-order valence-electron chi connectivity index (χ4n) is 1.38. The summed E-state index contributed by atoms with van der Waals surface area (Å²) in [5.74, 6) is -0.476. The first-order chi connectivity index (χ1) is 8.56. The topological polar surface area (TPSA) is 84.3 Å². The van der Waals surface area contributed by atoms with Crippen molar-refractivity contribution in [2.24, 2.45) is 0 Å². The number of hydrogen-bond acceptors (Lipinski definition) is 4. The number of halogens is 1. The second-order valence-corrected chi connectivity index (χ2v) is 3.96. The Bertz CT molecular complexity index is 451. The van der Waals surface area contributed by atoms with E-state index < -0.39 is 10.8 Å². The van der Waals surface area contributed by atoms with Crippen molar-refractivity contribution in [3.63, 3.8) is 0 Å². The molecule has 0 aliphatic carbocycles. The van der Waals surface area contributed by atoms with Crippen molar-refractivity contribution in [1.29, 1.82) is 0 Å². The summed E-state index contributed by atoms with van der Waals surface area (Å²) >= 11 is 5.67. The Morgan fingerprint density at radius 1 is 1.44 bits per heavy atom. The van der Waals surface area contributed by atoms with Crippen molar-refractivity contribution in [3.8, 4) is 0 Å². The Morgan fingerprint density at radius 2 is 2.17 bits per heavy atom. The summed E-state index contributed by atoms with van der Waals surface area (Å²) in [6.07, 6.45) is 0. The second-order valence-electron chi connectivity index (χ2n) is 3.53. The molecule has 1 amide bonds. The maximum atomic E-state index is 11.8. The third-order valence-corrected chi connectivity index (χ3v) is 2.47. The number of likely N-dealkylation sites (N-methyl/N-ethyl adjacent to an activating group) is 1. The van der Waals surface area contributed by atoms with Gasteiger partial charge in [-0.2, -0.15) is 0 Å². The molecule has 0 saturated heterocycles. The maximum absolute atomic E-state index is 11.8. The molecule has 2 N–H and O–H groups in total. The molecular formula is C11H14ClN3O3. The standard InChI is InChI=1S/C11H14ClN3O3/c1-2-13-5-6-14-11(16)9-4-3-8(12)7-10(9)15(17)18/h3-4,7,13H,2,5-6H2,1H3,(H,14,16). The van der Waals surface area contributed by atoms with Gasteiger partial charge in [0.25, 0.3) is 11.6 Å². The summed E-state index contributed by atoms with van der Waals surface area (Å²) in [5, 5.41) is 16.7. The van der Waals surface area contributed by atoms with E-state index in [2.05, 4.69) is 10.6 Å². The molecular weight excluding hydrogens is 258 g/mol. The summed E-state index contributed by atoms with van der Waals surface area (Å²) in [6.45, 7) is 3.78. The lowest BCUT2D eigenvalue weighted by atomic mass is 10.1. The van der Waals surface area contributed by atoms with E-state index in [0.717, 1.165) is 6.54 Å². The van der Waals surface area contributed by atoms with Crippen LogP contribution in [0.5, 0.6) is 0 Å². The number of amides is 1. The molecule has 1 rings (SSSR count). The highest BCUT2D eigenvalue weighted by molar-refractivity contribution is 6.31. The molecule has 1 aromatic carbocycles. The molecule has 0 saturated carbocycles. The van der Waals surface area contributed by atoms with Gasteiger partial charge in [-0.15, -0.1) is 0 Å². The average molecular weight is 272 g/mol. The van der Waals surface area contributed by atoms with Gasteiger partial charge in [-0.1, -0.05) is 18.5 Å². The number of benzene rings is 1. The molecule has 0 aliphatic rings. The molecule has 0 bridgehead atoms. The molecule has 0 aromatic heterocycles. The molecule has 6 nitrogen and oxygen atoms in total. The summed E-state index contributed by atoms with van der Waals surface area (Å²) in [7, 11) is 0. The lowest BCUT2D eigenvalue weighted by molar-refractivity contribution is -0.385. The van der Waals surface area contributed by atoms with Crippen LogP contribution in [0, 0.1) is 10.1 Å². The minimum atomic E-state index is -0.620. The van der Waals surface area contributed by atoms with Crippen molar-refractivity contribution in [2.45, 2.75) is 6.92 Å². The molecule has 0 radical (unpaired) electrons. The van der Waals surface area contributed by atoms with Gasteiger partial charge in [0.2, 0.25) is 0 Å². The number of carbonyl (C=O) groups is 1. The molecule has 0 aliphatic heterocycles. The van der Waals surface area contributed by atoms with Crippen LogP contribution in [0.25, 0.3) is 0 Å². The molecule has 98 valence electrons. The number of nitro benzene ring substituents is 1. The van der Waals surface area contributed by atoms with E-state index in [1.807, 2.05) is 6.92 Å². The molecule has 0 unspecified atom stereocenters. The maximum Gasteiger partial charge on any atom is 0.283 e. The number of nitro groups is 1. The number of rotatable bonds is 6. The third-order valence-electron chi connectivity index (χ3n) is 2.24. The van der Waals surface area contributed by atoms with Crippen molar-refractivity contribution in [3.05, 3.63) is 38.9 Å². The van der Waals surface area contributed by atoms with Crippen LogP contribution < -0.4 is 10.6 Å². The van der Waals surface area contributed by atoms with Crippen LogP contribution in [-0.2, 0) is 0 Å². The van der Waals surface area contributed by atoms with E-state index in [0.29, 0.717) is 13.1 Å². The van der Waals surface area contributed by atoms with Gasteiger partial charge in [-0.3, -0.25) is 14.9 Å². The molecule has 0 atom stereocenters. The van der Waals surface area contributed by atoms with Crippen LogP contribution in [0.2, 0.25) is 5.02 Å². The number of nitrogens with one attached hydrogen (secondary N) is 2. The average Bonchev–Trinajstić information content (AvgIpc) is 2.34. The van der Waals surface area contributed by atoms with Crippen molar-refractivity contribution >= 4 is 23.2 Å². The Balaban J connectivity index is 2.76. The fourth-order valence-corrected chi connectivity index (χ4v) is 1.55. The van der Waals surface area contributed by atoms with Crippen LogP contribution in [0.3, 0.4) is 0 Å². The molecule has 1 aromatic rings. The first-order valence-electron chi connectivity index (χ1n) is 5.49. The van der Waals surface area contributed by atoms with Gasteiger partial charge >= 0.3 is 0 Å². The summed E-state index contributed by atoms with van der Waals surface area (Å²) in [4.78, 5) is 21.9. The quantitative estimate of drug-likeness (QED) is 0.467. The smallest absolute Gasteiger partial charge is 0.283 e. The van der Waals surface area contributed by atoms with Crippen LogP contribution in [0.15, 0.2) is 18.2 Å². The SMILES string of the molecule is CCNCCNC(=O)c1ccc(Cl)cc1[N+](=O)[O-]. The second kappa shape index (κ2) is 6.93. The van der Waals surface area contributed by atoms with Crippen molar-refractivity contribution < 1.29 is 9.72 Å². The highest BCUT2D eigenvalue weighted by atomic mass is 35.5. The van der Waals surface area contributed by atoms with Gasteiger partial charge in [0.05, 0.1) is 4.92 Å². The highest BCUT2D eigenvalue weighted by Gasteiger charge is 2.19. The zero-order valence-corrected chi connectivity index (χ0v) is 10.7. The van der Waals surface area contributed by atoms with E-state index >= 15 is 0 Å². The number of hydrogen-bond donors (Lipinski definition) is 2. The Hall–Kier alpha value is -1.66. The highest BCUT2D eigenvalue weighted by Crippen LogP contribution is 2.22. The first kappa shape index (κ1) is 14.4. The van der Waals surface area contributed by atoms with Crippen LogP contribution in [0.1, 0.15) is 17.3 Å². The molecule has 0 heterocycles. The van der Waals surface area contributed by atoms with Crippen molar-refractivity contribution in [1.82, 2.24) is 10.6 Å². The lowest BCUT2D eigenvalue weighted by Crippen LogP contribution is -2.32. The summed E-state index contributed by atoms with van der Waals surface area (Å²) in [5.41, 5.74) is -0.274.